The number of nitrogens with one attached hydrogen (secondary N) is 1. The van der Waals surface area contributed by atoms with Crippen LogP contribution < -0.4 is 5.32 Å². The second-order valence-corrected chi connectivity index (χ2v) is 5.08. The molecule has 1 aliphatic rings. The third-order valence-electron chi connectivity index (χ3n) is 3.20. The summed E-state index contributed by atoms with van der Waals surface area (Å²) < 4.78 is 0. The molecule has 17 heavy (non-hydrogen) atoms. The highest BCUT2D eigenvalue weighted by atomic mass is 32.1. The number of likely N-dealkylation sites (N-methyl/N-ethyl adjacent to an activating group) is 1. The van der Waals surface area contributed by atoms with Gasteiger partial charge in [-0.1, -0.05) is 0 Å². The van der Waals surface area contributed by atoms with Crippen LogP contribution >= 0.6 is 11.3 Å². The van der Waals surface area contributed by atoms with Crippen LogP contribution in [0.4, 0.5) is 0 Å². The zero-order valence-electron chi connectivity index (χ0n) is 9.93. The van der Waals surface area contributed by atoms with Crippen molar-refractivity contribution in [2.75, 3.05) is 20.1 Å². The zero-order valence-corrected chi connectivity index (χ0v) is 10.7. The van der Waals surface area contributed by atoms with E-state index in [1.54, 1.807) is 7.05 Å². The maximum Gasteiger partial charge on any atom is 0.242 e. The van der Waals surface area contributed by atoms with Gasteiger partial charge in [0, 0.05) is 13.1 Å². The number of carbonyl (C=O) groups excluding carboxylic acids is 1. The first-order valence-corrected chi connectivity index (χ1v) is 6.84. The second-order valence-electron chi connectivity index (χ2n) is 4.30. The molecule has 2 N–H and O–H groups in total. The van der Waals surface area contributed by atoms with E-state index in [4.69, 9.17) is 0 Å². The van der Waals surface area contributed by atoms with E-state index in [0.29, 0.717) is 0 Å². The molecule has 1 aliphatic heterocycles. The van der Waals surface area contributed by atoms with Crippen molar-refractivity contribution in [2.24, 2.45) is 0 Å². The Hall–Kier alpha value is -0.910. The molecular formula is C12H18N2O2S. The number of carbonyl (C=O) groups is 1. The Balaban J connectivity index is 2.07. The van der Waals surface area contributed by atoms with Gasteiger partial charge >= 0.3 is 0 Å². The second kappa shape index (κ2) is 5.62. The number of likely N-dealkylation sites (tertiary alicyclic amines) is 1. The molecule has 0 aliphatic carbocycles. The summed E-state index contributed by atoms with van der Waals surface area (Å²) in [5.74, 6) is 0.00343. The number of aliphatic hydroxyl groups excluding tert-OH is 1. The van der Waals surface area contributed by atoms with Crippen molar-refractivity contribution in [3.63, 3.8) is 0 Å². The number of hydrogen-bond acceptors (Lipinski definition) is 4. The van der Waals surface area contributed by atoms with Gasteiger partial charge in [0.15, 0.2) is 0 Å². The van der Waals surface area contributed by atoms with Gasteiger partial charge in [-0.3, -0.25) is 4.79 Å². The van der Waals surface area contributed by atoms with Crippen molar-refractivity contribution in [1.82, 2.24) is 10.2 Å². The van der Waals surface area contributed by atoms with Crippen LogP contribution in [0.5, 0.6) is 0 Å². The number of thiophene rings is 1. The van der Waals surface area contributed by atoms with Crippen LogP contribution in [0.3, 0.4) is 0 Å². The van der Waals surface area contributed by atoms with Gasteiger partial charge in [0.25, 0.3) is 0 Å². The average molecular weight is 254 g/mol. The first-order valence-electron chi connectivity index (χ1n) is 5.90. The summed E-state index contributed by atoms with van der Waals surface area (Å²) in [4.78, 5) is 14.1. The Morgan fingerprint density at radius 3 is 2.76 bits per heavy atom. The van der Waals surface area contributed by atoms with E-state index in [1.807, 2.05) is 21.7 Å². The Bertz CT molecular complexity index is 361. The maximum absolute atomic E-state index is 12.2. The number of aliphatic hydroxyl groups is 1. The van der Waals surface area contributed by atoms with Crippen molar-refractivity contribution in [3.8, 4) is 0 Å². The molecule has 1 aromatic rings. The van der Waals surface area contributed by atoms with Crippen LogP contribution in [0, 0.1) is 0 Å². The lowest BCUT2D eigenvalue weighted by atomic mass is 10.0. The molecule has 2 rings (SSSR count). The molecule has 2 heterocycles. The quantitative estimate of drug-likeness (QED) is 0.842. The Kier molecular flexibility index (Phi) is 4.15. The number of hydrogen-bond donors (Lipinski definition) is 2. The molecule has 0 radical (unpaired) electrons. The number of rotatable bonds is 4. The molecule has 0 bridgehead atoms. The molecule has 4 nitrogen and oxygen atoms in total. The molecular weight excluding hydrogens is 236 g/mol. The van der Waals surface area contributed by atoms with Crippen LogP contribution in [0.25, 0.3) is 0 Å². The summed E-state index contributed by atoms with van der Waals surface area (Å²) >= 11 is 1.53. The fraction of sp³-hybridized carbons (Fsp3) is 0.583. The normalized spacial score (nSPS) is 19.3. The molecule has 1 fully saturated rings. The van der Waals surface area contributed by atoms with Crippen molar-refractivity contribution in [3.05, 3.63) is 22.4 Å². The van der Waals surface area contributed by atoms with Crippen molar-refractivity contribution in [2.45, 2.75) is 25.0 Å². The minimum absolute atomic E-state index is 0.00343. The van der Waals surface area contributed by atoms with Crippen molar-refractivity contribution < 1.29 is 9.90 Å². The summed E-state index contributed by atoms with van der Waals surface area (Å²) in [6.45, 7) is 1.63. The van der Waals surface area contributed by atoms with Crippen LogP contribution in [0.15, 0.2) is 16.8 Å². The van der Waals surface area contributed by atoms with E-state index in [9.17, 15) is 9.90 Å². The lowest BCUT2D eigenvalue weighted by Gasteiger charge is -2.26. The standard InChI is InChI=1S/C12H18N2O2S/c1-13-10(11(15)9-4-7-17-8-9)12(16)14-5-2-3-6-14/h4,7-8,10-11,13,15H,2-3,5-6H2,1H3. The highest BCUT2D eigenvalue weighted by Crippen LogP contribution is 2.22. The molecule has 1 saturated heterocycles. The molecule has 0 saturated carbocycles. The highest BCUT2D eigenvalue weighted by molar-refractivity contribution is 7.07. The SMILES string of the molecule is CNC(C(=O)N1CCCC1)C(O)c1ccsc1. The van der Waals surface area contributed by atoms with Gasteiger partial charge in [0.05, 0.1) is 0 Å². The van der Waals surface area contributed by atoms with Crippen LogP contribution in [-0.4, -0.2) is 42.1 Å². The van der Waals surface area contributed by atoms with Crippen molar-refractivity contribution in [1.29, 1.82) is 0 Å². The molecule has 94 valence electrons. The fourth-order valence-corrected chi connectivity index (χ4v) is 2.88. The van der Waals surface area contributed by atoms with E-state index in [-0.39, 0.29) is 5.91 Å². The maximum atomic E-state index is 12.2. The molecule has 1 amide bonds. The van der Waals surface area contributed by atoms with E-state index >= 15 is 0 Å². The lowest BCUT2D eigenvalue weighted by molar-refractivity contribution is -0.135. The molecule has 1 aromatic heterocycles. The van der Waals surface area contributed by atoms with E-state index in [0.717, 1.165) is 31.5 Å². The highest BCUT2D eigenvalue weighted by Gasteiger charge is 2.31. The summed E-state index contributed by atoms with van der Waals surface area (Å²) in [6, 6.07) is 1.32. The summed E-state index contributed by atoms with van der Waals surface area (Å²) in [7, 11) is 1.72. The predicted molar refractivity (Wildman–Crippen MR) is 67.9 cm³/mol. The van der Waals surface area contributed by atoms with E-state index < -0.39 is 12.1 Å². The molecule has 2 atom stereocenters. The van der Waals surface area contributed by atoms with Crippen LogP contribution in [-0.2, 0) is 4.79 Å². The minimum Gasteiger partial charge on any atom is -0.386 e. The predicted octanol–water partition coefficient (Wildman–Crippen LogP) is 0.992. The smallest absolute Gasteiger partial charge is 0.242 e. The van der Waals surface area contributed by atoms with Gasteiger partial charge in [0.2, 0.25) is 5.91 Å². The lowest BCUT2D eigenvalue weighted by Crippen LogP contribution is -2.47. The third kappa shape index (κ3) is 2.68. The minimum atomic E-state index is -0.764. The first-order chi connectivity index (χ1) is 8.24. The summed E-state index contributed by atoms with van der Waals surface area (Å²) in [6.07, 6.45) is 1.37. The molecule has 5 heteroatoms. The van der Waals surface area contributed by atoms with Crippen LogP contribution in [0.1, 0.15) is 24.5 Å². The van der Waals surface area contributed by atoms with Gasteiger partial charge in [0.1, 0.15) is 12.1 Å². The topological polar surface area (TPSA) is 52.6 Å². The Morgan fingerprint density at radius 2 is 2.24 bits per heavy atom. The largest absolute Gasteiger partial charge is 0.386 e. The fourth-order valence-electron chi connectivity index (χ4n) is 2.19. The van der Waals surface area contributed by atoms with Crippen molar-refractivity contribution >= 4 is 17.2 Å². The number of nitrogens with zero attached hydrogens (tertiary/aromatic N) is 1. The van der Waals surface area contributed by atoms with Crippen LogP contribution in [0.2, 0.25) is 0 Å². The van der Waals surface area contributed by atoms with E-state index in [2.05, 4.69) is 5.32 Å². The molecule has 0 spiro atoms. The van der Waals surface area contributed by atoms with Gasteiger partial charge in [-0.25, -0.2) is 0 Å². The molecule has 0 aromatic carbocycles. The van der Waals surface area contributed by atoms with E-state index in [1.165, 1.54) is 11.3 Å². The number of amides is 1. The Labute approximate surface area is 105 Å². The zero-order chi connectivity index (χ0) is 12.3. The monoisotopic (exact) mass is 254 g/mol. The Morgan fingerprint density at radius 1 is 1.53 bits per heavy atom. The van der Waals surface area contributed by atoms with Gasteiger partial charge in [-0.05, 0) is 42.3 Å². The van der Waals surface area contributed by atoms with Gasteiger partial charge < -0.3 is 15.3 Å². The van der Waals surface area contributed by atoms with Gasteiger partial charge in [-0.15, -0.1) is 0 Å². The average Bonchev–Trinajstić information content (AvgIpc) is 3.03. The molecule has 2 unspecified atom stereocenters. The summed E-state index contributed by atoms with van der Waals surface area (Å²) in [5, 5.41) is 16.9. The summed E-state index contributed by atoms with van der Waals surface area (Å²) in [5.41, 5.74) is 0.807. The first kappa shape index (κ1) is 12.5. The van der Waals surface area contributed by atoms with Gasteiger partial charge in [-0.2, -0.15) is 11.3 Å². The third-order valence-corrected chi connectivity index (χ3v) is 3.90.